The van der Waals surface area contributed by atoms with E-state index in [0.29, 0.717) is 24.1 Å². The second kappa shape index (κ2) is 19.3. The highest BCUT2D eigenvalue weighted by Crippen LogP contribution is 2.53. The summed E-state index contributed by atoms with van der Waals surface area (Å²) >= 11 is 0. The molecule has 16 nitrogen and oxygen atoms in total. The molecule has 0 bridgehead atoms. The first-order chi connectivity index (χ1) is 32.2. The molecule has 2 saturated heterocycles. The molecule has 3 aromatic rings. The van der Waals surface area contributed by atoms with Crippen molar-refractivity contribution in [3.63, 3.8) is 0 Å². The van der Waals surface area contributed by atoms with E-state index in [9.17, 15) is 79.5 Å². The van der Waals surface area contributed by atoms with Crippen LogP contribution in [-0.4, -0.2) is 127 Å². The fourth-order valence-electron chi connectivity index (χ4n) is 9.28. The Balaban J connectivity index is 0.000000169. The zero-order valence-corrected chi connectivity index (χ0v) is 39.5. The summed E-state index contributed by atoms with van der Waals surface area (Å²) in [6, 6.07) is 15.7. The molecule has 0 unspecified atom stereocenters. The lowest BCUT2D eigenvalue weighted by Crippen LogP contribution is -2.58. The molecule has 3 heterocycles. The van der Waals surface area contributed by atoms with E-state index in [4.69, 9.17) is 9.47 Å². The van der Waals surface area contributed by atoms with Crippen LogP contribution in [0.2, 0.25) is 0 Å². The number of carbonyl (C=O) groups excluding carboxylic acids is 2. The molecule has 2 spiro atoms. The molecule has 1 N–H and O–H groups in total. The second-order valence-electron chi connectivity index (χ2n) is 18.3. The lowest BCUT2D eigenvalue weighted by molar-refractivity contribution is -0.150. The van der Waals surface area contributed by atoms with Crippen molar-refractivity contribution in [1.29, 1.82) is 0 Å². The molecule has 0 amide bonds. The number of fused-ring (bicyclic) bond motifs is 2. The van der Waals surface area contributed by atoms with Crippen LogP contribution in [0.15, 0.2) is 67.0 Å². The van der Waals surface area contributed by atoms with Gasteiger partial charge in [-0.15, -0.1) is 3.63 Å². The van der Waals surface area contributed by atoms with Gasteiger partial charge in [-0.2, -0.15) is 64.8 Å². The van der Waals surface area contributed by atoms with E-state index in [1.165, 1.54) is 37.5 Å². The van der Waals surface area contributed by atoms with Crippen molar-refractivity contribution in [1.82, 2.24) is 14.8 Å². The first-order valence-electron chi connectivity index (χ1n) is 21.0. The number of alkyl halides is 9. The normalized spacial score (nSPS) is 20.3. The van der Waals surface area contributed by atoms with Crippen LogP contribution in [0.25, 0.3) is 0 Å². The number of phenolic OH excluding ortho intramolecular Hbond substituents is 1. The van der Waals surface area contributed by atoms with Crippen LogP contribution >= 0.6 is 0 Å². The fourth-order valence-corrected chi connectivity index (χ4v) is 11.3. The Morgan fingerprint density at radius 3 is 1.31 bits per heavy atom. The molecule has 0 radical (unpaired) electrons. The summed E-state index contributed by atoms with van der Waals surface area (Å²) in [6.45, 7) is 5.20. The van der Waals surface area contributed by atoms with Gasteiger partial charge in [-0.3, -0.25) is 14.6 Å². The molecular formula is C42H46F9N3O13S3. The maximum absolute atomic E-state index is 12.5. The van der Waals surface area contributed by atoms with E-state index in [-0.39, 0.29) is 33.9 Å². The van der Waals surface area contributed by atoms with Crippen molar-refractivity contribution in [2.24, 2.45) is 21.7 Å². The minimum absolute atomic E-state index is 0.0178. The van der Waals surface area contributed by atoms with Gasteiger partial charge in [-0.05, 0) is 110 Å². The number of aromatic nitrogens is 1. The number of halogens is 9. The Kier molecular flexibility index (Phi) is 15.1. The number of esters is 2. The molecule has 4 aliphatic carbocycles. The van der Waals surface area contributed by atoms with Gasteiger partial charge < -0.3 is 28.6 Å². The summed E-state index contributed by atoms with van der Waals surface area (Å²) in [5, 5.41) is 9.60. The third kappa shape index (κ3) is 12.3. The Morgan fingerprint density at radius 1 is 0.586 bits per heavy atom. The van der Waals surface area contributed by atoms with E-state index in [0.717, 1.165) is 88.8 Å². The van der Waals surface area contributed by atoms with Crippen LogP contribution in [0.1, 0.15) is 47.9 Å². The van der Waals surface area contributed by atoms with E-state index >= 15 is 0 Å². The second-order valence-corrected chi connectivity index (χ2v) is 23.1. The number of phenols is 1. The highest BCUT2D eigenvalue weighted by atomic mass is 32.3. The first kappa shape index (κ1) is 54.6. The van der Waals surface area contributed by atoms with E-state index in [1.54, 1.807) is 24.5 Å². The summed E-state index contributed by atoms with van der Waals surface area (Å²) in [6.07, 6.45) is 10.7. The number of rotatable bonds is 10. The zero-order chi connectivity index (χ0) is 52.0. The lowest BCUT2D eigenvalue weighted by Gasteiger charge is -2.49. The van der Waals surface area contributed by atoms with E-state index in [2.05, 4.69) is 25.0 Å². The summed E-state index contributed by atoms with van der Waals surface area (Å²) in [7, 11) is -16.5. The van der Waals surface area contributed by atoms with E-state index < -0.39 is 46.9 Å². The molecular weight excluding hydrogens is 1020 g/mol. The van der Waals surface area contributed by atoms with Gasteiger partial charge >= 0.3 is 58.8 Å². The summed E-state index contributed by atoms with van der Waals surface area (Å²) < 4.78 is 184. The summed E-state index contributed by atoms with van der Waals surface area (Å²) in [5.74, 6) is -0.171. The average molecular weight is 1070 g/mol. The van der Waals surface area contributed by atoms with Crippen molar-refractivity contribution in [3.8, 4) is 11.5 Å². The fraction of sp³-hybridized carbons (Fsp3) is 0.548. The van der Waals surface area contributed by atoms with Crippen LogP contribution in [0.3, 0.4) is 0 Å². The van der Waals surface area contributed by atoms with Crippen molar-refractivity contribution in [2.45, 2.75) is 67.9 Å². The number of aromatic hydroxyl groups is 1. The Labute approximate surface area is 396 Å². The molecule has 28 heteroatoms. The predicted molar refractivity (Wildman–Crippen MR) is 225 cm³/mol. The molecule has 6 aliphatic rings. The van der Waals surface area contributed by atoms with Gasteiger partial charge in [0.2, 0.25) is 0 Å². The van der Waals surface area contributed by atoms with Crippen LogP contribution in [0, 0.1) is 21.7 Å². The quantitative estimate of drug-likeness (QED) is 0.110. The molecule has 1 aromatic heterocycles. The number of hydrogen-bond donors (Lipinski definition) is 1. The summed E-state index contributed by atoms with van der Waals surface area (Å²) in [5.41, 5.74) is -13.8. The number of pyridine rings is 1. The van der Waals surface area contributed by atoms with Crippen molar-refractivity contribution >= 4 is 42.3 Å². The molecule has 70 heavy (non-hydrogen) atoms. The number of nitrogens with zero attached hydrogens (tertiary/aromatic N) is 3. The molecule has 4 fully saturated rings. The molecule has 2 aromatic carbocycles. The third-order valence-electron chi connectivity index (χ3n) is 12.7. The topological polar surface area (TPSA) is 213 Å². The smallest absolute Gasteiger partial charge is 0.508 e. The highest BCUT2D eigenvalue weighted by molar-refractivity contribution is 8.00. The van der Waals surface area contributed by atoms with Crippen molar-refractivity contribution < 1.29 is 96.7 Å². The third-order valence-corrected chi connectivity index (χ3v) is 16.2. The maximum atomic E-state index is 12.5. The van der Waals surface area contributed by atoms with Crippen molar-refractivity contribution in [2.75, 3.05) is 53.5 Å². The van der Waals surface area contributed by atoms with Crippen LogP contribution in [-0.2, 0) is 78.7 Å². The first-order valence-corrected chi connectivity index (χ1v) is 25.2. The largest absolute Gasteiger partial charge is 0.534 e. The molecule has 2 saturated carbocycles. The standard InChI is InChI=1S/C18H20F3NO5S.C17H21NO3.C5H5N.C2F6O5S2/c1-26-15(23)17(4-5-17)11-22-9-16(10-22)7-12-2-3-14(6-13(12)8-16)27-28(24,25)18(19,20)21;1-21-15(20)17(4-5-17)11-18-9-16(10-18)7-12-2-3-14(19)6-13(12)8-16;1-2-4-6-5-3-1;3-1(4,5)14(9,10)13-15(11,12)2(6,7)8/h2-3,6H,4-5,7-11H2,1H3;2-3,6,19H,4-5,7-11H2,1H3;1-5H;. The highest BCUT2D eigenvalue weighted by Gasteiger charge is 2.59. The Hall–Kier alpha value is -4.77. The van der Waals surface area contributed by atoms with Crippen LogP contribution in [0.4, 0.5) is 39.5 Å². The van der Waals surface area contributed by atoms with Crippen molar-refractivity contribution in [3.05, 3.63) is 89.2 Å². The van der Waals surface area contributed by atoms with Crippen LogP contribution in [0.5, 0.6) is 11.5 Å². The van der Waals surface area contributed by atoms with Gasteiger partial charge in [0.15, 0.2) is 0 Å². The maximum Gasteiger partial charge on any atom is 0.534 e. The monoisotopic (exact) mass is 1070 g/mol. The number of likely N-dealkylation sites (tertiary alicyclic amines) is 2. The Bertz CT molecular complexity index is 2690. The number of benzene rings is 2. The lowest BCUT2D eigenvalue weighted by atomic mass is 9.76. The molecule has 9 rings (SSSR count). The van der Waals surface area contributed by atoms with Gasteiger partial charge in [-0.25, -0.2) is 0 Å². The zero-order valence-electron chi connectivity index (χ0n) is 37.1. The number of ether oxygens (including phenoxy) is 2. The van der Waals surface area contributed by atoms with Gasteiger partial charge in [0.1, 0.15) is 11.5 Å². The van der Waals surface area contributed by atoms with Gasteiger partial charge in [0.25, 0.3) is 0 Å². The van der Waals surface area contributed by atoms with E-state index in [1.807, 2.05) is 27.9 Å². The van der Waals surface area contributed by atoms with Crippen LogP contribution < -0.4 is 4.18 Å². The Morgan fingerprint density at radius 2 is 0.971 bits per heavy atom. The number of methoxy groups -OCH3 is 2. The number of hydrogen-bond acceptors (Lipinski definition) is 16. The minimum atomic E-state index is -6.85. The minimum Gasteiger partial charge on any atom is -0.508 e. The summed E-state index contributed by atoms with van der Waals surface area (Å²) in [4.78, 5) is 32.1. The molecule has 0 atom stereocenters. The average Bonchev–Trinajstić information content (AvgIpc) is 4.13. The van der Waals surface area contributed by atoms with Gasteiger partial charge in [0, 0.05) is 62.5 Å². The predicted octanol–water partition coefficient (Wildman–Crippen LogP) is 5.80. The SMILES string of the molecule is COC(=O)C1(CN2CC3(Cc4ccc(O)cc4C3)C2)CC1.COC(=O)C1(CN2CC3(Cc4ccc(OS(=O)(=O)C(F)(F)F)cc4C3)C2)CC1.O=S(=O)(OS(=O)(=O)C(F)(F)F)C(F)(F)F.c1ccncc1. The number of carbonyl (C=O) groups is 2. The molecule has 2 aliphatic heterocycles. The molecule has 388 valence electrons. The van der Waals surface area contributed by atoms with Gasteiger partial charge in [0.05, 0.1) is 25.0 Å². The van der Waals surface area contributed by atoms with Gasteiger partial charge in [-0.1, -0.05) is 18.2 Å².